The van der Waals surface area contributed by atoms with Crippen LogP contribution < -0.4 is 0 Å². The summed E-state index contributed by atoms with van der Waals surface area (Å²) in [6.45, 7) is 3.91. The van der Waals surface area contributed by atoms with E-state index in [-0.39, 0.29) is 5.41 Å². The highest BCUT2D eigenvalue weighted by Crippen LogP contribution is 2.44. The van der Waals surface area contributed by atoms with E-state index in [1.165, 1.54) is 0 Å². The number of carbonyl (C=O) groups is 1. The summed E-state index contributed by atoms with van der Waals surface area (Å²) in [7, 11) is 0. The summed E-state index contributed by atoms with van der Waals surface area (Å²) in [6, 6.07) is 0. The zero-order chi connectivity index (χ0) is 10.3. The monoisotopic (exact) mass is 195 g/mol. The highest BCUT2D eigenvalue weighted by molar-refractivity contribution is 5.77. The Morgan fingerprint density at radius 2 is 2.43 bits per heavy atom. The molecule has 0 radical (unpaired) electrons. The standard InChI is InChI=1S/C10H13NO3/c1-10(2)4-3-6-5-11-14-8(6)7(10)9(12)13/h5,7H,3-4H2,1-2H3,(H,12,13). The molecule has 1 unspecified atom stereocenters. The Kier molecular flexibility index (Phi) is 1.87. The Bertz CT molecular complexity index is 367. The number of aryl methyl sites for hydroxylation is 1. The predicted molar refractivity (Wildman–Crippen MR) is 49.0 cm³/mol. The zero-order valence-corrected chi connectivity index (χ0v) is 8.28. The van der Waals surface area contributed by atoms with Crippen molar-refractivity contribution < 1.29 is 14.4 Å². The zero-order valence-electron chi connectivity index (χ0n) is 8.28. The molecule has 1 atom stereocenters. The SMILES string of the molecule is CC1(C)CCc2cnoc2C1C(=O)O. The van der Waals surface area contributed by atoms with E-state index in [1.54, 1.807) is 6.20 Å². The third-order valence-electron chi connectivity index (χ3n) is 3.01. The lowest BCUT2D eigenvalue weighted by atomic mass is 9.69. The second-order valence-electron chi connectivity index (χ2n) is 4.48. The molecule has 0 aliphatic heterocycles. The minimum Gasteiger partial charge on any atom is -0.481 e. The predicted octanol–water partition coefficient (Wildman–Crippen LogP) is 1.82. The number of hydrogen-bond donors (Lipinski definition) is 1. The topological polar surface area (TPSA) is 63.3 Å². The maximum absolute atomic E-state index is 11.1. The van der Waals surface area contributed by atoms with Gasteiger partial charge in [-0.1, -0.05) is 19.0 Å². The van der Waals surface area contributed by atoms with Crippen LogP contribution in [0.3, 0.4) is 0 Å². The highest BCUT2D eigenvalue weighted by Gasteiger charge is 2.43. The summed E-state index contributed by atoms with van der Waals surface area (Å²) >= 11 is 0. The summed E-state index contributed by atoms with van der Waals surface area (Å²) < 4.78 is 5.03. The molecule has 76 valence electrons. The van der Waals surface area contributed by atoms with Crippen LogP contribution in [0.15, 0.2) is 10.7 Å². The molecule has 0 spiro atoms. The first-order valence-electron chi connectivity index (χ1n) is 4.68. The van der Waals surface area contributed by atoms with Crippen LogP contribution in [0.5, 0.6) is 0 Å². The second kappa shape index (κ2) is 2.83. The number of fused-ring (bicyclic) bond motifs is 1. The molecule has 0 bridgehead atoms. The minimum atomic E-state index is -0.826. The van der Waals surface area contributed by atoms with Crippen LogP contribution in [-0.2, 0) is 11.2 Å². The number of aromatic nitrogens is 1. The van der Waals surface area contributed by atoms with E-state index in [1.807, 2.05) is 13.8 Å². The quantitative estimate of drug-likeness (QED) is 0.742. The summed E-state index contributed by atoms with van der Waals surface area (Å²) in [5.74, 6) is -0.852. The van der Waals surface area contributed by atoms with E-state index < -0.39 is 11.9 Å². The van der Waals surface area contributed by atoms with Crippen LogP contribution in [0.4, 0.5) is 0 Å². The lowest BCUT2D eigenvalue weighted by molar-refractivity contribution is -0.142. The van der Waals surface area contributed by atoms with E-state index in [0.717, 1.165) is 18.4 Å². The molecule has 4 nitrogen and oxygen atoms in total. The molecular formula is C10H13NO3. The molecule has 1 aromatic heterocycles. The number of carboxylic acids is 1. The number of hydrogen-bond acceptors (Lipinski definition) is 3. The van der Waals surface area contributed by atoms with Gasteiger partial charge in [-0.15, -0.1) is 0 Å². The van der Waals surface area contributed by atoms with Gasteiger partial charge in [-0.25, -0.2) is 0 Å². The molecule has 2 rings (SSSR count). The van der Waals surface area contributed by atoms with Crippen LogP contribution in [0.1, 0.15) is 37.5 Å². The maximum Gasteiger partial charge on any atom is 0.314 e. The van der Waals surface area contributed by atoms with E-state index in [0.29, 0.717) is 5.76 Å². The first kappa shape index (κ1) is 9.24. The van der Waals surface area contributed by atoms with Crippen LogP contribution in [0.2, 0.25) is 0 Å². The lowest BCUT2D eigenvalue weighted by Crippen LogP contribution is -2.33. The molecule has 1 aromatic rings. The molecule has 14 heavy (non-hydrogen) atoms. The molecule has 0 aromatic carbocycles. The lowest BCUT2D eigenvalue weighted by Gasteiger charge is -2.33. The van der Waals surface area contributed by atoms with Gasteiger partial charge in [0.2, 0.25) is 0 Å². The van der Waals surface area contributed by atoms with E-state index in [4.69, 9.17) is 9.63 Å². The van der Waals surface area contributed by atoms with Gasteiger partial charge in [-0.3, -0.25) is 4.79 Å². The van der Waals surface area contributed by atoms with Gasteiger partial charge in [-0.2, -0.15) is 0 Å². The summed E-state index contributed by atoms with van der Waals surface area (Å²) in [5.41, 5.74) is 0.690. The van der Waals surface area contributed by atoms with Crippen molar-refractivity contribution in [3.63, 3.8) is 0 Å². The Morgan fingerprint density at radius 3 is 3.07 bits per heavy atom. The van der Waals surface area contributed by atoms with Crippen molar-refractivity contribution in [2.75, 3.05) is 0 Å². The Labute approximate surface area is 81.9 Å². The van der Waals surface area contributed by atoms with E-state index in [9.17, 15) is 4.79 Å². The fourth-order valence-corrected chi connectivity index (χ4v) is 2.10. The minimum absolute atomic E-state index is 0.252. The highest BCUT2D eigenvalue weighted by atomic mass is 16.5. The van der Waals surface area contributed by atoms with Crippen LogP contribution in [0, 0.1) is 5.41 Å². The van der Waals surface area contributed by atoms with Crippen LogP contribution in [-0.4, -0.2) is 16.2 Å². The molecule has 0 saturated heterocycles. The fourth-order valence-electron chi connectivity index (χ4n) is 2.10. The van der Waals surface area contributed by atoms with E-state index in [2.05, 4.69) is 5.16 Å². The Balaban J connectivity index is 2.49. The van der Waals surface area contributed by atoms with Gasteiger partial charge < -0.3 is 9.63 Å². The first-order valence-corrected chi connectivity index (χ1v) is 4.68. The largest absolute Gasteiger partial charge is 0.481 e. The maximum atomic E-state index is 11.1. The van der Waals surface area contributed by atoms with Gasteiger partial charge in [-0.05, 0) is 18.3 Å². The molecule has 1 aliphatic carbocycles. The molecule has 0 amide bonds. The van der Waals surface area contributed by atoms with Crippen LogP contribution >= 0.6 is 0 Å². The number of rotatable bonds is 1. The Morgan fingerprint density at radius 1 is 1.71 bits per heavy atom. The molecular weight excluding hydrogens is 182 g/mol. The van der Waals surface area contributed by atoms with Crippen molar-refractivity contribution in [1.82, 2.24) is 5.16 Å². The average molecular weight is 195 g/mol. The van der Waals surface area contributed by atoms with Crippen molar-refractivity contribution >= 4 is 5.97 Å². The van der Waals surface area contributed by atoms with Gasteiger partial charge in [0.05, 0.1) is 6.20 Å². The molecule has 1 aliphatic rings. The van der Waals surface area contributed by atoms with Crippen molar-refractivity contribution in [2.45, 2.75) is 32.6 Å². The fraction of sp³-hybridized carbons (Fsp3) is 0.600. The summed E-state index contributed by atoms with van der Waals surface area (Å²) in [5, 5.41) is 12.8. The third-order valence-corrected chi connectivity index (χ3v) is 3.01. The second-order valence-corrected chi connectivity index (χ2v) is 4.48. The molecule has 4 heteroatoms. The van der Waals surface area contributed by atoms with Gasteiger partial charge >= 0.3 is 5.97 Å². The Hall–Kier alpha value is -1.32. The normalized spacial score (nSPS) is 24.3. The number of carboxylic acid groups (broad SMARTS) is 1. The van der Waals surface area contributed by atoms with Gasteiger partial charge in [0, 0.05) is 5.56 Å². The number of nitrogens with zero attached hydrogens (tertiary/aromatic N) is 1. The van der Waals surface area contributed by atoms with Gasteiger partial charge in [0.1, 0.15) is 5.92 Å². The van der Waals surface area contributed by atoms with Gasteiger partial charge in [0.25, 0.3) is 0 Å². The van der Waals surface area contributed by atoms with Crippen molar-refractivity contribution in [3.05, 3.63) is 17.5 Å². The molecule has 0 saturated carbocycles. The molecule has 1 N–H and O–H groups in total. The van der Waals surface area contributed by atoms with Crippen LogP contribution in [0.25, 0.3) is 0 Å². The smallest absolute Gasteiger partial charge is 0.314 e. The first-order chi connectivity index (χ1) is 6.52. The van der Waals surface area contributed by atoms with Crippen molar-refractivity contribution in [2.24, 2.45) is 5.41 Å². The molecule has 1 heterocycles. The molecule has 0 fully saturated rings. The average Bonchev–Trinajstić information content (AvgIpc) is 2.48. The number of aliphatic carboxylic acids is 1. The third kappa shape index (κ3) is 1.22. The summed E-state index contributed by atoms with van der Waals surface area (Å²) in [4.78, 5) is 11.1. The summed E-state index contributed by atoms with van der Waals surface area (Å²) in [6.07, 6.45) is 3.34. The van der Waals surface area contributed by atoms with Crippen molar-refractivity contribution in [1.29, 1.82) is 0 Å². The van der Waals surface area contributed by atoms with Gasteiger partial charge in [0.15, 0.2) is 5.76 Å². The van der Waals surface area contributed by atoms with Crippen molar-refractivity contribution in [3.8, 4) is 0 Å². The van der Waals surface area contributed by atoms with E-state index >= 15 is 0 Å².